The number of carbonyl (C=O) groups excluding carboxylic acids is 1. The highest BCUT2D eigenvalue weighted by atomic mass is 16.2. The smallest absolute Gasteiger partial charge is 0.228 e. The zero-order valence-electron chi connectivity index (χ0n) is 12.9. The number of hydrogen-bond donors (Lipinski definition) is 1. The maximum Gasteiger partial charge on any atom is 0.228 e. The van der Waals surface area contributed by atoms with Crippen LogP contribution in [-0.4, -0.2) is 37.0 Å². The molecule has 110 valence electrons. The van der Waals surface area contributed by atoms with Gasteiger partial charge in [-0.2, -0.15) is 0 Å². The second-order valence-corrected chi connectivity index (χ2v) is 6.71. The average molecular weight is 266 g/mol. The number of hydrogen-bond acceptors (Lipinski definition) is 2. The van der Waals surface area contributed by atoms with E-state index in [2.05, 4.69) is 24.1 Å². The fraction of sp³-hybridized carbons (Fsp3) is 0.938. The van der Waals surface area contributed by atoms with E-state index >= 15 is 0 Å². The van der Waals surface area contributed by atoms with E-state index in [9.17, 15) is 4.79 Å². The van der Waals surface area contributed by atoms with Crippen LogP contribution in [-0.2, 0) is 4.79 Å². The van der Waals surface area contributed by atoms with Crippen LogP contribution in [0, 0.1) is 11.3 Å². The predicted octanol–water partition coefficient (Wildman–Crippen LogP) is 2.80. The van der Waals surface area contributed by atoms with Gasteiger partial charge in [-0.1, -0.05) is 13.8 Å². The molecule has 1 saturated heterocycles. The third-order valence-corrected chi connectivity index (χ3v) is 5.54. The molecule has 1 aliphatic carbocycles. The van der Waals surface area contributed by atoms with Crippen LogP contribution in [0.3, 0.4) is 0 Å². The summed E-state index contributed by atoms with van der Waals surface area (Å²) in [5.41, 5.74) is -0.0803. The molecule has 2 aliphatic rings. The topological polar surface area (TPSA) is 32.3 Å². The Balaban J connectivity index is 2.00. The second kappa shape index (κ2) is 6.25. The van der Waals surface area contributed by atoms with Gasteiger partial charge in [-0.15, -0.1) is 0 Å². The highest BCUT2D eigenvalue weighted by molar-refractivity contribution is 5.83. The Morgan fingerprint density at radius 3 is 2.32 bits per heavy atom. The van der Waals surface area contributed by atoms with Crippen LogP contribution in [0.4, 0.5) is 0 Å². The zero-order chi connectivity index (χ0) is 13.9. The van der Waals surface area contributed by atoms with E-state index in [1.165, 1.54) is 25.7 Å². The van der Waals surface area contributed by atoms with Crippen LogP contribution in [0.2, 0.25) is 0 Å². The fourth-order valence-corrected chi connectivity index (χ4v) is 3.79. The second-order valence-electron chi connectivity index (χ2n) is 6.71. The molecule has 1 amide bonds. The lowest BCUT2D eigenvalue weighted by Gasteiger charge is -2.42. The molecular weight excluding hydrogens is 236 g/mol. The molecule has 1 heterocycles. The molecule has 3 nitrogen and oxygen atoms in total. The molecule has 1 saturated carbocycles. The third kappa shape index (κ3) is 3.13. The summed E-state index contributed by atoms with van der Waals surface area (Å²) >= 11 is 0. The first kappa shape index (κ1) is 14.8. The van der Waals surface area contributed by atoms with Crippen LogP contribution < -0.4 is 5.32 Å². The molecule has 0 radical (unpaired) electrons. The van der Waals surface area contributed by atoms with Crippen LogP contribution in [0.1, 0.15) is 58.8 Å². The summed E-state index contributed by atoms with van der Waals surface area (Å²) in [6.45, 7) is 6.50. The summed E-state index contributed by atoms with van der Waals surface area (Å²) in [4.78, 5) is 15.0. The first-order valence-corrected chi connectivity index (χ1v) is 8.07. The molecule has 0 aromatic carbocycles. The normalized spacial score (nSPS) is 30.9. The van der Waals surface area contributed by atoms with Crippen LogP contribution in [0.15, 0.2) is 0 Å². The lowest BCUT2D eigenvalue weighted by molar-refractivity contribution is -0.145. The highest BCUT2D eigenvalue weighted by Gasteiger charge is 2.41. The third-order valence-electron chi connectivity index (χ3n) is 5.54. The highest BCUT2D eigenvalue weighted by Crippen LogP contribution is 2.36. The maximum absolute atomic E-state index is 12.9. The van der Waals surface area contributed by atoms with Gasteiger partial charge in [0.1, 0.15) is 0 Å². The van der Waals surface area contributed by atoms with Crippen molar-refractivity contribution in [3.8, 4) is 0 Å². The summed E-state index contributed by atoms with van der Waals surface area (Å²) in [6, 6.07) is 0.488. The molecule has 0 bridgehead atoms. The Bertz CT molecular complexity index is 302. The van der Waals surface area contributed by atoms with Crippen molar-refractivity contribution in [2.45, 2.75) is 64.8 Å². The van der Waals surface area contributed by atoms with Crippen LogP contribution >= 0.6 is 0 Å². The van der Waals surface area contributed by atoms with E-state index in [1.54, 1.807) is 0 Å². The summed E-state index contributed by atoms with van der Waals surface area (Å²) in [7, 11) is 2.04. The van der Waals surface area contributed by atoms with Gasteiger partial charge >= 0.3 is 0 Å². The summed E-state index contributed by atoms with van der Waals surface area (Å²) in [5, 5.41) is 3.38. The van der Waals surface area contributed by atoms with E-state index in [0.29, 0.717) is 11.9 Å². The monoisotopic (exact) mass is 266 g/mol. The minimum Gasteiger partial charge on any atom is -0.342 e. The molecule has 0 atom stereocenters. The van der Waals surface area contributed by atoms with Crippen LogP contribution in [0.25, 0.3) is 0 Å². The van der Waals surface area contributed by atoms with E-state index < -0.39 is 0 Å². The Morgan fingerprint density at radius 1 is 1.21 bits per heavy atom. The standard InChI is InChI=1S/C16H30N2O/c1-4-16(9-11-17-12-10-16)15(19)18(3)14-7-5-13(2)6-8-14/h13-14,17H,4-12H2,1-3H3. The number of rotatable bonds is 3. The Labute approximate surface area is 118 Å². The van der Waals surface area contributed by atoms with Gasteiger partial charge in [0, 0.05) is 13.1 Å². The van der Waals surface area contributed by atoms with Gasteiger partial charge in [0.25, 0.3) is 0 Å². The van der Waals surface area contributed by atoms with E-state index in [4.69, 9.17) is 0 Å². The molecule has 19 heavy (non-hydrogen) atoms. The number of piperidine rings is 1. The first-order valence-electron chi connectivity index (χ1n) is 8.07. The van der Waals surface area contributed by atoms with Crippen molar-refractivity contribution in [1.29, 1.82) is 0 Å². The summed E-state index contributed by atoms with van der Waals surface area (Å²) in [5.74, 6) is 1.26. The lowest BCUT2D eigenvalue weighted by Crippen LogP contribution is -2.51. The quantitative estimate of drug-likeness (QED) is 0.852. The van der Waals surface area contributed by atoms with Crippen molar-refractivity contribution in [2.75, 3.05) is 20.1 Å². The average Bonchev–Trinajstić information content (AvgIpc) is 2.47. The molecule has 1 aliphatic heterocycles. The van der Waals surface area contributed by atoms with Crippen molar-refractivity contribution in [3.05, 3.63) is 0 Å². The minimum absolute atomic E-state index is 0.0803. The van der Waals surface area contributed by atoms with Gasteiger partial charge in [0.2, 0.25) is 5.91 Å². The maximum atomic E-state index is 12.9. The van der Waals surface area contributed by atoms with Crippen LogP contribution in [0.5, 0.6) is 0 Å². The van der Waals surface area contributed by atoms with E-state index in [-0.39, 0.29) is 5.41 Å². The van der Waals surface area contributed by atoms with E-state index in [1.807, 2.05) is 7.05 Å². The molecular formula is C16H30N2O. The number of nitrogens with one attached hydrogen (secondary N) is 1. The van der Waals surface area contributed by atoms with Crippen molar-refractivity contribution in [1.82, 2.24) is 10.2 Å². The van der Waals surface area contributed by atoms with Gasteiger partial charge in [-0.25, -0.2) is 0 Å². The molecule has 3 heteroatoms. The molecule has 0 unspecified atom stereocenters. The van der Waals surface area contributed by atoms with Crippen molar-refractivity contribution >= 4 is 5.91 Å². The Hall–Kier alpha value is -0.570. The van der Waals surface area contributed by atoms with E-state index in [0.717, 1.165) is 38.3 Å². The zero-order valence-corrected chi connectivity index (χ0v) is 12.9. The first-order chi connectivity index (χ1) is 9.09. The van der Waals surface area contributed by atoms with Crippen molar-refractivity contribution in [2.24, 2.45) is 11.3 Å². The molecule has 2 rings (SSSR count). The van der Waals surface area contributed by atoms with Crippen molar-refractivity contribution in [3.63, 3.8) is 0 Å². The van der Waals surface area contributed by atoms with Gasteiger partial charge < -0.3 is 10.2 Å². The Kier molecular flexibility index (Phi) is 4.88. The molecule has 2 fully saturated rings. The predicted molar refractivity (Wildman–Crippen MR) is 79.0 cm³/mol. The fourth-order valence-electron chi connectivity index (χ4n) is 3.79. The molecule has 0 aromatic rings. The van der Waals surface area contributed by atoms with Gasteiger partial charge in [-0.05, 0) is 64.0 Å². The van der Waals surface area contributed by atoms with Gasteiger partial charge in [0.05, 0.1) is 5.41 Å². The molecule has 0 aromatic heterocycles. The lowest BCUT2D eigenvalue weighted by atomic mass is 9.74. The Morgan fingerprint density at radius 2 is 1.79 bits per heavy atom. The largest absolute Gasteiger partial charge is 0.342 e. The number of carbonyl (C=O) groups is 1. The van der Waals surface area contributed by atoms with Gasteiger partial charge in [0.15, 0.2) is 0 Å². The summed E-state index contributed by atoms with van der Waals surface area (Å²) < 4.78 is 0. The SMILES string of the molecule is CCC1(C(=O)N(C)C2CCC(C)CC2)CCNCC1. The van der Waals surface area contributed by atoms with Gasteiger partial charge in [-0.3, -0.25) is 4.79 Å². The minimum atomic E-state index is -0.0803. The number of amides is 1. The summed E-state index contributed by atoms with van der Waals surface area (Å²) in [6.07, 6.45) is 7.96. The molecule has 1 N–H and O–H groups in total. The van der Waals surface area contributed by atoms with Crippen molar-refractivity contribution < 1.29 is 4.79 Å². The number of nitrogens with zero attached hydrogens (tertiary/aromatic N) is 1. The molecule has 0 spiro atoms.